The van der Waals surface area contributed by atoms with Crippen LogP contribution in [0.3, 0.4) is 0 Å². The van der Waals surface area contributed by atoms with E-state index in [0.29, 0.717) is 11.2 Å². The molecule has 4 aromatic rings. The quantitative estimate of drug-likeness (QED) is 0.614. The first-order valence-electron chi connectivity index (χ1n) is 7.97. The third-order valence-electron chi connectivity index (χ3n) is 3.97. The van der Waals surface area contributed by atoms with Crippen molar-refractivity contribution in [3.05, 3.63) is 66.6 Å². The van der Waals surface area contributed by atoms with E-state index in [4.69, 9.17) is 0 Å². The van der Waals surface area contributed by atoms with Crippen LogP contribution in [-0.4, -0.2) is 30.1 Å². The highest BCUT2D eigenvalue weighted by Gasteiger charge is 2.10. The average Bonchev–Trinajstić information content (AvgIpc) is 3.25. The third-order valence-corrected chi connectivity index (χ3v) is 3.97. The molecule has 3 heterocycles. The molecular formula is C18H15FN6O. The summed E-state index contributed by atoms with van der Waals surface area (Å²) < 4.78 is 17.0. The molecule has 0 saturated carbocycles. The van der Waals surface area contributed by atoms with Gasteiger partial charge in [0.05, 0.1) is 6.33 Å². The predicted octanol–water partition coefficient (Wildman–Crippen LogP) is 2.68. The Morgan fingerprint density at radius 3 is 2.85 bits per heavy atom. The summed E-state index contributed by atoms with van der Waals surface area (Å²) in [5.41, 5.74) is 2.73. The van der Waals surface area contributed by atoms with Crippen molar-refractivity contribution in [2.45, 2.75) is 13.5 Å². The number of imidazole rings is 1. The molecule has 0 aliphatic rings. The summed E-state index contributed by atoms with van der Waals surface area (Å²) in [6.07, 6.45) is 6.61. The van der Waals surface area contributed by atoms with E-state index in [9.17, 15) is 9.18 Å². The maximum absolute atomic E-state index is 13.8. The molecule has 130 valence electrons. The third kappa shape index (κ3) is 3.16. The van der Waals surface area contributed by atoms with Crippen LogP contribution in [-0.2, 0) is 11.3 Å². The lowest BCUT2D eigenvalue weighted by Gasteiger charge is -2.04. The fourth-order valence-electron chi connectivity index (χ4n) is 2.59. The molecule has 0 bridgehead atoms. The molecular weight excluding hydrogens is 335 g/mol. The Hall–Kier alpha value is -3.55. The Balaban J connectivity index is 1.57. The fraction of sp³-hybridized carbons (Fsp3) is 0.111. The number of benzene rings is 1. The van der Waals surface area contributed by atoms with Gasteiger partial charge in [0.2, 0.25) is 11.9 Å². The molecule has 1 N–H and O–H groups in total. The predicted molar refractivity (Wildman–Crippen MR) is 94.0 cm³/mol. The van der Waals surface area contributed by atoms with Gasteiger partial charge < -0.3 is 4.57 Å². The summed E-state index contributed by atoms with van der Waals surface area (Å²) in [4.78, 5) is 20.2. The van der Waals surface area contributed by atoms with Crippen molar-refractivity contribution in [1.29, 1.82) is 0 Å². The van der Waals surface area contributed by atoms with Crippen molar-refractivity contribution in [3.63, 3.8) is 0 Å². The van der Waals surface area contributed by atoms with Crippen LogP contribution < -0.4 is 5.32 Å². The molecule has 7 nitrogen and oxygen atoms in total. The van der Waals surface area contributed by atoms with E-state index in [1.165, 1.54) is 6.07 Å². The minimum absolute atomic E-state index is 0.128. The highest BCUT2D eigenvalue weighted by Crippen LogP contribution is 2.22. The molecule has 1 amide bonds. The SMILES string of the molecule is Cc1ccc(-c2ccc3nc(NC(=O)Cn4ccnc4)nn3c2)cc1F. The van der Waals surface area contributed by atoms with Gasteiger partial charge in [0.1, 0.15) is 12.4 Å². The second-order valence-corrected chi connectivity index (χ2v) is 5.90. The maximum Gasteiger partial charge on any atom is 0.249 e. The molecule has 0 atom stereocenters. The number of halogens is 1. The summed E-state index contributed by atoms with van der Waals surface area (Å²) in [5.74, 6) is -0.296. The number of nitrogens with zero attached hydrogens (tertiary/aromatic N) is 5. The lowest BCUT2D eigenvalue weighted by Crippen LogP contribution is -2.18. The highest BCUT2D eigenvalue weighted by molar-refractivity contribution is 5.89. The van der Waals surface area contributed by atoms with Crippen LogP contribution in [0.2, 0.25) is 0 Å². The summed E-state index contributed by atoms with van der Waals surface area (Å²) >= 11 is 0. The Bertz CT molecular complexity index is 1090. The van der Waals surface area contributed by atoms with Gasteiger partial charge in [0.15, 0.2) is 5.65 Å². The molecule has 0 aliphatic carbocycles. The molecule has 0 unspecified atom stereocenters. The standard InChI is InChI=1S/C18H15FN6O/c1-12-2-3-13(8-15(12)19)14-4-5-16-21-18(23-25(16)9-14)22-17(26)10-24-7-6-20-11-24/h2-9,11H,10H2,1H3,(H,22,23,26). The van der Waals surface area contributed by atoms with Gasteiger partial charge in [0.25, 0.3) is 0 Å². The smallest absolute Gasteiger partial charge is 0.249 e. The van der Waals surface area contributed by atoms with Crippen molar-refractivity contribution in [2.75, 3.05) is 5.32 Å². The number of nitrogens with one attached hydrogen (secondary N) is 1. The minimum Gasteiger partial charge on any atom is -0.328 e. The molecule has 3 aromatic heterocycles. The van der Waals surface area contributed by atoms with Gasteiger partial charge >= 0.3 is 0 Å². The zero-order valence-corrected chi connectivity index (χ0v) is 13.9. The number of hydrogen-bond acceptors (Lipinski definition) is 4. The average molecular weight is 350 g/mol. The lowest BCUT2D eigenvalue weighted by atomic mass is 10.1. The Morgan fingerprint density at radius 2 is 2.08 bits per heavy atom. The number of amides is 1. The van der Waals surface area contributed by atoms with Crippen LogP contribution in [0.5, 0.6) is 0 Å². The van der Waals surface area contributed by atoms with E-state index >= 15 is 0 Å². The number of carbonyl (C=O) groups excluding carboxylic acids is 1. The second-order valence-electron chi connectivity index (χ2n) is 5.90. The van der Waals surface area contributed by atoms with Crippen molar-refractivity contribution in [2.24, 2.45) is 0 Å². The first kappa shape index (κ1) is 15.9. The van der Waals surface area contributed by atoms with Gasteiger partial charge in [-0.2, -0.15) is 4.98 Å². The topological polar surface area (TPSA) is 77.1 Å². The zero-order valence-electron chi connectivity index (χ0n) is 13.9. The number of rotatable bonds is 4. The number of fused-ring (bicyclic) bond motifs is 1. The highest BCUT2D eigenvalue weighted by atomic mass is 19.1. The van der Waals surface area contributed by atoms with Gasteiger partial charge in [-0.05, 0) is 36.2 Å². The zero-order chi connectivity index (χ0) is 18.1. The van der Waals surface area contributed by atoms with Crippen LogP contribution in [0, 0.1) is 12.7 Å². The fourth-order valence-corrected chi connectivity index (χ4v) is 2.59. The number of hydrogen-bond donors (Lipinski definition) is 1. The number of carbonyl (C=O) groups is 1. The molecule has 4 rings (SSSR count). The molecule has 8 heteroatoms. The van der Waals surface area contributed by atoms with E-state index < -0.39 is 0 Å². The van der Waals surface area contributed by atoms with Crippen molar-refractivity contribution >= 4 is 17.5 Å². The summed E-state index contributed by atoms with van der Waals surface area (Å²) in [5, 5.41) is 6.92. The van der Waals surface area contributed by atoms with Crippen LogP contribution in [0.25, 0.3) is 16.8 Å². The summed E-state index contributed by atoms with van der Waals surface area (Å²) in [6.45, 7) is 1.85. The first-order chi connectivity index (χ1) is 12.6. The van der Waals surface area contributed by atoms with Crippen LogP contribution in [0.15, 0.2) is 55.2 Å². The largest absolute Gasteiger partial charge is 0.328 e. The van der Waals surface area contributed by atoms with Gasteiger partial charge in [-0.25, -0.2) is 13.9 Å². The molecule has 1 aromatic carbocycles. The van der Waals surface area contributed by atoms with E-state index in [-0.39, 0.29) is 24.2 Å². The van der Waals surface area contributed by atoms with Gasteiger partial charge in [-0.3, -0.25) is 10.1 Å². The van der Waals surface area contributed by atoms with Crippen molar-refractivity contribution in [3.8, 4) is 11.1 Å². The number of anilines is 1. The Labute approximate surface area is 148 Å². The molecule has 0 radical (unpaired) electrons. The molecule has 0 spiro atoms. The van der Waals surface area contributed by atoms with E-state index in [1.54, 1.807) is 53.1 Å². The van der Waals surface area contributed by atoms with E-state index in [2.05, 4.69) is 20.4 Å². The van der Waals surface area contributed by atoms with Crippen molar-refractivity contribution < 1.29 is 9.18 Å². The molecule has 26 heavy (non-hydrogen) atoms. The second kappa shape index (κ2) is 6.40. The monoisotopic (exact) mass is 350 g/mol. The summed E-state index contributed by atoms with van der Waals surface area (Å²) in [7, 11) is 0. The van der Waals surface area contributed by atoms with E-state index in [1.807, 2.05) is 12.1 Å². The van der Waals surface area contributed by atoms with Crippen LogP contribution >= 0.6 is 0 Å². The normalized spacial score (nSPS) is 11.0. The molecule has 0 aliphatic heterocycles. The maximum atomic E-state index is 13.8. The first-order valence-corrected chi connectivity index (χ1v) is 7.97. The van der Waals surface area contributed by atoms with Gasteiger partial charge in [0, 0.05) is 24.2 Å². The van der Waals surface area contributed by atoms with Gasteiger partial charge in [-0.1, -0.05) is 12.1 Å². The lowest BCUT2D eigenvalue weighted by molar-refractivity contribution is -0.116. The number of pyridine rings is 1. The van der Waals surface area contributed by atoms with Gasteiger partial charge in [-0.15, -0.1) is 5.10 Å². The number of aryl methyl sites for hydroxylation is 1. The summed E-state index contributed by atoms with van der Waals surface area (Å²) in [6, 6.07) is 8.68. The number of aromatic nitrogens is 5. The Morgan fingerprint density at radius 1 is 1.23 bits per heavy atom. The van der Waals surface area contributed by atoms with Crippen molar-refractivity contribution in [1.82, 2.24) is 24.1 Å². The molecule has 0 fully saturated rings. The minimum atomic E-state index is -0.256. The van der Waals surface area contributed by atoms with Crippen LogP contribution in [0.4, 0.5) is 10.3 Å². The Kier molecular flexibility index (Phi) is 3.92. The molecule has 0 saturated heterocycles. The van der Waals surface area contributed by atoms with E-state index in [0.717, 1.165) is 11.1 Å². The van der Waals surface area contributed by atoms with Crippen LogP contribution in [0.1, 0.15) is 5.56 Å².